The second-order valence-corrected chi connectivity index (χ2v) is 8.24. The summed E-state index contributed by atoms with van der Waals surface area (Å²) >= 11 is 6.35. The van der Waals surface area contributed by atoms with Crippen molar-refractivity contribution in [1.29, 1.82) is 5.26 Å². The molecule has 3 unspecified atom stereocenters. The van der Waals surface area contributed by atoms with Gasteiger partial charge in [-0.15, -0.1) is 0 Å². The summed E-state index contributed by atoms with van der Waals surface area (Å²) in [5.74, 6) is -2.49. The maximum atomic E-state index is 13.7. The summed E-state index contributed by atoms with van der Waals surface area (Å²) in [7, 11) is 1.50. The van der Waals surface area contributed by atoms with Crippen LogP contribution in [-0.4, -0.2) is 30.8 Å². The lowest BCUT2D eigenvalue weighted by molar-refractivity contribution is -0.152. The molecule has 0 radical (unpaired) electrons. The number of rotatable bonds is 7. The minimum atomic E-state index is -1.45. The number of nitriles is 1. The van der Waals surface area contributed by atoms with Crippen LogP contribution in [0.2, 0.25) is 5.02 Å². The summed E-state index contributed by atoms with van der Waals surface area (Å²) in [6, 6.07) is 15.2. The third kappa shape index (κ3) is 4.43. The molecule has 1 heterocycles. The number of carbonyl (C=O) groups is 1. The highest BCUT2D eigenvalue weighted by atomic mass is 35.5. The maximum absolute atomic E-state index is 13.7. The Morgan fingerprint density at radius 2 is 2.00 bits per heavy atom. The van der Waals surface area contributed by atoms with E-state index in [-0.39, 0.29) is 11.6 Å². The van der Waals surface area contributed by atoms with Crippen LogP contribution in [0.25, 0.3) is 0 Å². The van der Waals surface area contributed by atoms with E-state index in [4.69, 9.17) is 16.3 Å². The van der Waals surface area contributed by atoms with Gasteiger partial charge in [-0.2, -0.15) is 5.26 Å². The molecule has 2 N–H and O–H groups in total. The van der Waals surface area contributed by atoms with Gasteiger partial charge >= 0.3 is 5.97 Å². The predicted octanol–water partition coefficient (Wildman–Crippen LogP) is 4.68. The minimum absolute atomic E-state index is 0.0886. The lowest BCUT2D eigenvalue weighted by Gasteiger charge is -2.46. The first kappa shape index (κ1) is 22.8. The Balaban J connectivity index is 2.15. The van der Waals surface area contributed by atoms with Gasteiger partial charge in [0.15, 0.2) is 0 Å². The molecule has 3 rings (SSSR count). The van der Waals surface area contributed by atoms with Gasteiger partial charge in [-0.3, -0.25) is 4.79 Å². The van der Waals surface area contributed by atoms with Crippen molar-refractivity contribution in [3.8, 4) is 6.07 Å². The standard InChI is InChI=1S/C24H24ClFN2O3/c1-24(23(29)30)21(14-31-2)28-20(11-8-15-6-4-3-5-7-15)18(13-27)22(24)17-10-9-16(26)12-19(17)25/h3-7,9-10,12,21-22,28H,8,11,14H2,1-2H3,(H,29,30). The Kier molecular flexibility index (Phi) is 6.99. The summed E-state index contributed by atoms with van der Waals surface area (Å²) in [4.78, 5) is 12.5. The number of benzene rings is 2. The molecule has 0 spiro atoms. The van der Waals surface area contributed by atoms with E-state index < -0.39 is 29.2 Å². The zero-order valence-electron chi connectivity index (χ0n) is 17.4. The average Bonchev–Trinajstić information content (AvgIpc) is 2.75. The number of methoxy groups -OCH3 is 1. The summed E-state index contributed by atoms with van der Waals surface area (Å²) < 4.78 is 19.0. The monoisotopic (exact) mass is 442 g/mol. The average molecular weight is 443 g/mol. The Bertz CT molecular complexity index is 1030. The van der Waals surface area contributed by atoms with Gasteiger partial charge in [-0.1, -0.05) is 48.0 Å². The fourth-order valence-corrected chi connectivity index (χ4v) is 4.51. The summed E-state index contributed by atoms with van der Waals surface area (Å²) in [5, 5.41) is 23.7. The molecule has 162 valence electrons. The van der Waals surface area contributed by atoms with Crippen LogP contribution < -0.4 is 5.32 Å². The Labute approximate surface area is 186 Å². The molecule has 5 nitrogen and oxygen atoms in total. The number of allylic oxidation sites excluding steroid dienone is 2. The van der Waals surface area contributed by atoms with Crippen molar-refractivity contribution < 1.29 is 19.0 Å². The highest BCUT2D eigenvalue weighted by molar-refractivity contribution is 6.31. The molecule has 2 aromatic carbocycles. The van der Waals surface area contributed by atoms with E-state index in [2.05, 4.69) is 11.4 Å². The van der Waals surface area contributed by atoms with Crippen molar-refractivity contribution in [1.82, 2.24) is 5.32 Å². The van der Waals surface area contributed by atoms with Crippen LogP contribution in [-0.2, 0) is 16.0 Å². The van der Waals surface area contributed by atoms with Crippen LogP contribution in [0.4, 0.5) is 4.39 Å². The molecule has 0 bridgehead atoms. The van der Waals surface area contributed by atoms with Gasteiger partial charge < -0.3 is 15.2 Å². The first-order chi connectivity index (χ1) is 14.8. The second kappa shape index (κ2) is 9.51. The van der Waals surface area contributed by atoms with Gasteiger partial charge in [0.1, 0.15) is 5.82 Å². The van der Waals surface area contributed by atoms with Crippen LogP contribution in [0.15, 0.2) is 59.8 Å². The van der Waals surface area contributed by atoms with Crippen LogP contribution in [0.1, 0.15) is 30.4 Å². The first-order valence-corrected chi connectivity index (χ1v) is 10.3. The van der Waals surface area contributed by atoms with Gasteiger partial charge in [0.05, 0.1) is 29.7 Å². The Hall–Kier alpha value is -2.88. The van der Waals surface area contributed by atoms with E-state index in [1.54, 1.807) is 6.92 Å². The zero-order valence-corrected chi connectivity index (χ0v) is 18.1. The highest BCUT2D eigenvalue weighted by Crippen LogP contribution is 2.50. The largest absolute Gasteiger partial charge is 0.481 e. The van der Waals surface area contributed by atoms with E-state index in [0.717, 1.165) is 11.6 Å². The van der Waals surface area contributed by atoms with Gasteiger partial charge in [0, 0.05) is 23.7 Å². The summed E-state index contributed by atoms with van der Waals surface area (Å²) in [6.07, 6.45) is 1.18. The number of aliphatic carboxylic acids is 1. The number of carboxylic acids is 1. The Morgan fingerprint density at radius 3 is 2.58 bits per heavy atom. The van der Waals surface area contributed by atoms with Crippen molar-refractivity contribution in [3.05, 3.63) is 81.8 Å². The normalized spacial score (nSPS) is 23.2. The van der Waals surface area contributed by atoms with Crippen LogP contribution >= 0.6 is 11.6 Å². The van der Waals surface area contributed by atoms with Crippen LogP contribution in [0.5, 0.6) is 0 Å². The fraction of sp³-hybridized carbons (Fsp3) is 0.333. The number of carboxylic acid groups (broad SMARTS) is 1. The lowest BCUT2D eigenvalue weighted by atomic mass is 9.63. The predicted molar refractivity (Wildman–Crippen MR) is 116 cm³/mol. The number of nitrogens with one attached hydrogen (secondary N) is 1. The van der Waals surface area contributed by atoms with E-state index in [0.29, 0.717) is 29.7 Å². The number of nitrogens with zero attached hydrogens (tertiary/aromatic N) is 1. The van der Waals surface area contributed by atoms with Gasteiger partial charge in [0.2, 0.25) is 0 Å². The van der Waals surface area contributed by atoms with E-state index in [1.807, 2.05) is 30.3 Å². The van der Waals surface area contributed by atoms with Crippen molar-refractivity contribution in [2.75, 3.05) is 13.7 Å². The molecule has 1 aliphatic heterocycles. The van der Waals surface area contributed by atoms with E-state index in [9.17, 15) is 19.6 Å². The summed E-state index contributed by atoms with van der Waals surface area (Å²) in [5.41, 5.74) is 1.00. The molecule has 0 saturated heterocycles. The number of halogens is 2. The molecule has 0 fully saturated rings. The van der Waals surface area contributed by atoms with E-state index >= 15 is 0 Å². The van der Waals surface area contributed by atoms with Crippen LogP contribution in [0.3, 0.4) is 0 Å². The molecule has 0 saturated carbocycles. The molecule has 31 heavy (non-hydrogen) atoms. The number of hydrogen-bond acceptors (Lipinski definition) is 4. The third-order valence-electron chi connectivity index (χ3n) is 5.98. The molecule has 3 atom stereocenters. The number of aryl methyl sites for hydroxylation is 1. The molecule has 2 aromatic rings. The van der Waals surface area contributed by atoms with Gasteiger partial charge in [-0.25, -0.2) is 4.39 Å². The Morgan fingerprint density at radius 1 is 1.29 bits per heavy atom. The smallest absolute Gasteiger partial charge is 0.312 e. The fourth-order valence-electron chi connectivity index (χ4n) is 4.23. The third-order valence-corrected chi connectivity index (χ3v) is 6.31. The topological polar surface area (TPSA) is 82.3 Å². The molecule has 7 heteroatoms. The number of hydrogen-bond donors (Lipinski definition) is 2. The van der Waals surface area contributed by atoms with Crippen molar-refractivity contribution in [2.45, 2.75) is 31.7 Å². The van der Waals surface area contributed by atoms with Crippen molar-refractivity contribution >= 4 is 17.6 Å². The first-order valence-electron chi connectivity index (χ1n) is 9.93. The quantitative estimate of drug-likeness (QED) is 0.650. The second-order valence-electron chi connectivity index (χ2n) is 7.83. The number of ether oxygens (including phenoxy) is 1. The van der Waals surface area contributed by atoms with Crippen molar-refractivity contribution in [3.63, 3.8) is 0 Å². The summed E-state index contributed by atoms with van der Waals surface area (Å²) in [6.45, 7) is 1.69. The maximum Gasteiger partial charge on any atom is 0.312 e. The minimum Gasteiger partial charge on any atom is -0.481 e. The highest BCUT2D eigenvalue weighted by Gasteiger charge is 2.54. The molecular formula is C24H24ClFN2O3. The molecule has 0 aliphatic carbocycles. The van der Waals surface area contributed by atoms with Crippen LogP contribution in [0, 0.1) is 22.6 Å². The van der Waals surface area contributed by atoms with Gasteiger partial charge in [0.25, 0.3) is 0 Å². The molecular weight excluding hydrogens is 419 g/mol. The SMILES string of the molecule is COCC1NC(CCc2ccccc2)=C(C#N)C(c2ccc(F)cc2Cl)C1(C)C(=O)O. The molecule has 0 aromatic heterocycles. The molecule has 0 amide bonds. The zero-order chi connectivity index (χ0) is 22.6. The van der Waals surface area contributed by atoms with Crippen molar-refractivity contribution in [2.24, 2.45) is 5.41 Å². The van der Waals surface area contributed by atoms with Gasteiger partial charge in [-0.05, 0) is 43.0 Å². The lowest BCUT2D eigenvalue weighted by Crippen LogP contribution is -2.57. The molecule has 1 aliphatic rings. The van der Waals surface area contributed by atoms with E-state index in [1.165, 1.54) is 19.2 Å².